The Kier molecular flexibility index (Phi) is 4.73. The first-order valence-electron chi connectivity index (χ1n) is 8.80. The number of alkyl halides is 3. The summed E-state index contributed by atoms with van der Waals surface area (Å²) in [4.78, 5) is 12.1. The number of halogens is 3. The molecule has 1 N–H and O–H groups in total. The van der Waals surface area contributed by atoms with Crippen LogP contribution in [0.1, 0.15) is 44.4 Å². The molecular weight excluding hydrogens is 341 g/mol. The number of hydrogen-bond donors (Lipinski definition) is 1. The summed E-state index contributed by atoms with van der Waals surface area (Å²) in [6, 6.07) is 8.64. The molecule has 0 aliphatic carbocycles. The zero-order valence-electron chi connectivity index (χ0n) is 15.2. The number of nitrogens with zero attached hydrogens (tertiary/aromatic N) is 1. The standard InChI is InChI=1S/C20H23F3N2O/c1-4-7-13-10-11-16(15-9-6-5-8-14(13)15)17(20(21,22)23)25-12-19(2,3)18(26)24-25/h5-6,8-11,17H,4,7,12H2,1-3H3,(H,24,26). The fourth-order valence-electron chi connectivity index (χ4n) is 3.61. The molecule has 2 aromatic carbocycles. The van der Waals surface area contributed by atoms with Gasteiger partial charge in [0, 0.05) is 6.54 Å². The minimum absolute atomic E-state index is 0.00104. The topological polar surface area (TPSA) is 32.3 Å². The van der Waals surface area contributed by atoms with Gasteiger partial charge in [0.1, 0.15) is 0 Å². The maximum Gasteiger partial charge on any atom is 0.409 e. The van der Waals surface area contributed by atoms with Gasteiger partial charge < -0.3 is 0 Å². The van der Waals surface area contributed by atoms with Crippen LogP contribution in [0, 0.1) is 5.41 Å². The lowest BCUT2D eigenvalue weighted by Gasteiger charge is -2.31. The molecule has 1 heterocycles. The molecule has 1 amide bonds. The van der Waals surface area contributed by atoms with Gasteiger partial charge in [-0.05, 0) is 42.2 Å². The molecule has 0 spiro atoms. The van der Waals surface area contributed by atoms with E-state index in [-0.39, 0.29) is 12.1 Å². The van der Waals surface area contributed by atoms with Gasteiger partial charge in [0.25, 0.3) is 0 Å². The average Bonchev–Trinajstić information content (AvgIpc) is 2.81. The van der Waals surface area contributed by atoms with Gasteiger partial charge in [-0.15, -0.1) is 0 Å². The van der Waals surface area contributed by atoms with Crippen molar-refractivity contribution in [3.63, 3.8) is 0 Å². The highest BCUT2D eigenvalue weighted by molar-refractivity contribution is 5.89. The van der Waals surface area contributed by atoms with Crippen LogP contribution in [0.3, 0.4) is 0 Å². The highest BCUT2D eigenvalue weighted by atomic mass is 19.4. The van der Waals surface area contributed by atoms with Crippen LogP contribution in [0.4, 0.5) is 13.2 Å². The molecule has 1 fully saturated rings. The van der Waals surface area contributed by atoms with Crippen molar-refractivity contribution in [1.82, 2.24) is 10.4 Å². The van der Waals surface area contributed by atoms with E-state index in [9.17, 15) is 18.0 Å². The molecule has 0 radical (unpaired) electrons. The van der Waals surface area contributed by atoms with Gasteiger partial charge in [-0.1, -0.05) is 49.7 Å². The molecule has 0 aromatic heterocycles. The van der Waals surface area contributed by atoms with Gasteiger partial charge in [0.2, 0.25) is 5.91 Å². The lowest BCUT2D eigenvalue weighted by Crippen LogP contribution is -2.43. The van der Waals surface area contributed by atoms with Crippen molar-refractivity contribution in [1.29, 1.82) is 0 Å². The first-order chi connectivity index (χ1) is 12.1. The second-order valence-corrected chi connectivity index (χ2v) is 7.51. The highest BCUT2D eigenvalue weighted by Gasteiger charge is 2.51. The Hall–Kier alpha value is -2.08. The second-order valence-electron chi connectivity index (χ2n) is 7.51. The zero-order chi connectivity index (χ0) is 19.1. The smallest absolute Gasteiger partial charge is 0.287 e. The fraction of sp³-hybridized carbons (Fsp3) is 0.450. The van der Waals surface area contributed by atoms with Crippen LogP contribution in [0.5, 0.6) is 0 Å². The molecule has 1 unspecified atom stereocenters. The minimum atomic E-state index is -4.51. The van der Waals surface area contributed by atoms with Crippen molar-refractivity contribution < 1.29 is 18.0 Å². The number of amides is 1. The maximum absolute atomic E-state index is 14.0. The van der Waals surface area contributed by atoms with E-state index in [4.69, 9.17) is 0 Å². The van der Waals surface area contributed by atoms with Crippen molar-refractivity contribution >= 4 is 16.7 Å². The molecule has 3 nitrogen and oxygen atoms in total. The monoisotopic (exact) mass is 364 g/mol. The minimum Gasteiger partial charge on any atom is -0.287 e. The van der Waals surface area contributed by atoms with Crippen molar-refractivity contribution in [3.05, 3.63) is 47.5 Å². The Morgan fingerprint density at radius 1 is 1.15 bits per heavy atom. The van der Waals surface area contributed by atoms with Gasteiger partial charge >= 0.3 is 6.18 Å². The lowest BCUT2D eigenvalue weighted by atomic mass is 9.91. The third-order valence-electron chi connectivity index (χ3n) is 4.91. The van der Waals surface area contributed by atoms with E-state index in [1.54, 1.807) is 38.1 Å². The SMILES string of the molecule is CCCc1ccc(C(N2CC(C)(C)C(=O)N2)C(F)(F)F)c2ccccc12. The van der Waals surface area contributed by atoms with Crippen molar-refractivity contribution in [3.8, 4) is 0 Å². The van der Waals surface area contributed by atoms with E-state index in [0.29, 0.717) is 5.39 Å². The van der Waals surface area contributed by atoms with Gasteiger partial charge in [-0.25, -0.2) is 5.01 Å². The zero-order valence-corrected chi connectivity index (χ0v) is 15.2. The van der Waals surface area contributed by atoms with E-state index in [1.165, 1.54) is 0 Å². The molecule has 2 aromatic rings. The van der Waals surface area contributed by atoms with Crippen LogP contribution in [-0.2, 0) is 11.2 Å². The lowest BCUT2D eigenvalue weighted by molar-refractivity contribution is -0.191. The van der Waals surface area contributed by atoms with Gasteiger partial charge in [-0.3, -0.25) is 10.2 Å². The molecule has 6 heteroatoms. The summed E-state index contributed by atoms with van der Waals surface area (Å²) in [6.45, 7) is 5.35. The summed E-state index contributed by atoms with van der Waals surface area (Å²) in [5.41, 5.74) is 2.78. The number of fused-ring (bicyclic) bond motifs is 1. The van der Waals surface area contributed by atoms with Gasteiger partial charge in [0.15, 0.2) is 6.04 Å². The number of nitrogens with one attached hydrogen (secondary N) is 1. The van der Waals surface area contributed by atoms with E-state index in [2.05, 4.69) is 5.43 Å². The van der Waals surface area contributed by atoms with Crippen LogP contribution < -0.4 is 5.43 Å². The normalized spacial score (nSPS) is 18.9. The molecule has 3 rings (SSSR count). The summed E-state index contributed by atoms with van der Waals surface area (Å²) < 4.78 is 42.1. The predicted molar refractivity (Wildman–Crippen MR) is 95.4 cm³/mol. The van der Waals surface area contributed by atoms with Crippen molar-refractivity contribution in [2.24, 2.45) is 5.41 Å². The Labute approximate surface area is 151 Å². The van der Waals surface area contributed by atoms with Crippen molar-refractivity contribution in [2.75, 3.05) is 6.54 Å². The van der Waals surface area contributed by atoms with Crippen LogP contribution in [0.15, 0.2) is 36.4 Å². The number of carbonyl (C=O) groups excluding carboxylic acids is 1. The number of aryl methyl sites for hydroxylation is 1. The summed E-state index contributed by atoms with van der Waals surface area (Å²) in [5.74, 6) is -0.390. The van der Waals surface area contributed by atoms with Crippen LogP contribution in [0.25, 0.3) is 10.8 Å². The Morgan fingerprint density at radius 2 is 1.81 bits per heavy atom. The molecule has 140 valence electrons. The summed E-state index contributed by atoms with van der Waals surface area (Å²) in [7, 11) is 0. The molecular formula is C20H23F3N2O. The first kappa shape index (κ1) is 18.7. The molecule has 1 saturated heterocycles. The number of benzene rings is 2. The largest absolute Gasteiger partial charge is 0.409 e. The van der Waals surface area contributed by atoms with E-state index in [0.717, 1.165) is 28.8 Å². The Balaban J connectivity index is 2.15. The van der Waals surface area contributed by atoms with E-state index in [1.807, 2.05) is 19.1 Å². The fourth-order valence-corrected chi connectivity index (χ4v) is 3.61. The number of rotatable bonds is 4. The molecule has 1 aliphatic heterocycles. The third-order valence-corrected chi connectivity index (χ3v) is 4.91. The number of hydrogen-bond acceptors (Lipinski definition) is 2. The molecule has 0 bridgehead atoms. The Morgan fingerprint density at radius 3 is 2.35 bits per heavy atom. The van der Waals surface area contributed by atoms with Crippen molar-refractivity contribution in [2.45, 2.75) is 45.8 Å². The second kappa shape index (κ2) is 6.58. The Bertz CT molecular complexity index is 829. The number of carbonyl (C=O) groups is 1. The average molecular weight is 364 g/mol. The highest BCUT2D eigenvalue weighted by Crippen LogP contribution is 2.43. The van der Waals surface area contributed by atoms with Gasteiger partial charge in [0.05, 0.1) is 5.41 Å². The molecule has 1 atom stereocenters. The molecule has 0 saturated carbocycles. The van der Waals surface area contributed by atoms with Crippen LogP contribution >= 0.6 is 0 Å². The maximum atomic E-state index is 14.0. The van der Waals surface area contributed by atoms with Gasteiger partial charge in [-0.2, -0.15) is 13.2 Å². The van der Waals surface area contributed by atoms with E-state index >= 15 is 0 Å². The van der Waals surface area contributed by atoms with Crippen LogP contribution in [-0.4, -0.2) is 23.6 Å². The molecule has 26 heavy (non-hydrogen) atoms. The predicted octanol–water partition coefficient (Wildman–Crippen LogP) is 4.77. The van der Waals surface area contributed by atoms with E-state index < -0.39 is 23.5 Å². The summed E-state index contributed by atoms with van der Waals surface area (Å²) in [5, 5.41) is 2.45. The molecule has 1 aliphatic rings. The number of hydrazine groups is 1. The summed E-state index contributed by atoms with van der Waals surface area (Å²) >= 11 is 0. The third kappa shape index (κ3) is 3.30. The quantitative estimate of drug-likeness (QED) is 0.848. The first-order valence-corrected chi connectivity index (χ1v) is 8.80. The van der Waals surface area contributed by atoms with Crippen LogP contribution in [0.2, 0.25) is 0 Å². The summed E-state index contributed by atoms with van der Waals surface area (Å²) in [6.07, 6.45) is -2.78.